The van der Waals surface area contributed by atoms with Crippen LogP contribution in [-0.4, -0.2) is 59.1 Å². The highest BCUT2D eigenvalue weighted by atomic mass is 16.5. The van der Waals surface area contributed by atoms with Crippen LogP contribution in [0.3, 0.4) is 0 Å². The lowest BCUT2D eigenvalue weighted by molar-refractivity contribution is -0.135. The van der Waals surface area contributed by atoms with Gasteiger partial charge >= 0.3 is 0 Å². The van der Waals surface area contributed by atoms with Crippen LogP contribution in [0.2, 0.25) is 0 Å². The Bertz CT molecular complexity index is 1290. The third kappa shape index (κ3) is 3.49. The summed E-state index contributed by atoms with van der Waals surface area (Å²) in [5.41, 5.74) is 4.71. The van der Waals surface area contributed by atoms with Gasteiger partial charge in [0.05, 0.1) is 6.04 Å². The van der Waals surface area contributed by atoms with Crippen molar-refractivity contribution in [3.8, 4) is 11.5 Å². The van der Waals surface area contributed by atoms with E-state index in [1.54, 1.807) is 6.08 Å². The first-order valence-corrected chi connectivity index (χ1v) is 14.1. The molecule has 0 radical (unpaired) electrons. The van der Waals surface area contributed by atoms with Crippen LogP contribution in [0.15, 0.2) is 42.5 Å². The molecule has 1 spiro atoms. The maximum Gasteiger partial charge on any atom is 0.246 e. The first-order chi connectivity index (χ1) is 17.9. The van der Waals surface area contributed by atoms with Crippen molar-refractivity contribution in [2.75, 3.05) is 20.1 Å². The minimum Gasteiger partial charge on any atom is -0.504 e. The Hall–Kier alpha value is -2.79. The number of likely N-dealkylation sites (N-methyl/N-ethyl adjacent to an activating group) is 1. The molecule has 2 unspecified atom stereocenters. The van der Waals surface area contributed by atoms with Crippen molar-refractivity contribution >= 4 is 12.0 Å². The summed E-state index contributed by atoms with van der Waals surface area (Å²) >= 11 is 0. The highest BCUT2D eigenvalue weighted by molar-refractivity contribution is 5.92. The van der Waals surface area contributed by atoms with E-state index in [0.29, 0.717) is 17.7 Å². The molecule has 2 saturated carbocycles. The second-order valence-electron chi connectivity index (χ2n) is 12.5. The summed E-state index contributed by atoms with van der Waals surface area (Å²) in [5, 5.41) is 10.9. The second kappa shape index (κ2) is 8.36. The number of phenolic OH excluding ortho intramolecular Hbond substituents is 1. The molecule has 5 heteroatoms. The van der Waals surface area contributed by atoms with Crippen LogP contribution in [0.25, 0.3) is 6.08 Å². The zero-order valence-electron chi connectivity index (χ0n) is 22.2. The number of ether oxygens (including phenoxy) is 1. The van der Waals surface area contributed by atoms with Gasteiger partial charge in [0.15, 0.2) is 11.5 Å². The summed E-state index contributed by atoms with van der Waals surface area (Å²) in [7, 11) is 1.93. The van der Waals surface area contributed by atoms with Crippen LogP contribution in [0.5, 0.6) is 11.5 Å². The molecule has 37 heavy (non-hydrogen) atoms. The summed E-state index contributed by atoms with van der Waals surface area (Å²) in [6, 6.07) is 12.7. The van der Waals surface area contributed by atoms with Crippen LogP contribution < -0.4 is 4.74 Å². The number of amides is 1. The van der Waals surface area contributed by atoms with Gasteiger partial charge in [0.25, 0.3) is 0 Å². The molecule has 2 aromatic rings. The van der Waals surface area contributed by atoms with Gasteiger partial charge in [-0.2, -0.15) is 0 Å². The van der Waals surface area contributed by atoms with Gasteiger partial charge in [-0.3, -0.25) is 9.69 Å². The maximum absolute atomic E-state index is 13.4. The first-order valence-electron chi connectivity index (χ1n) is 14.1. The van der Waals surface area contributed by atoms with Gasteiger partial charge in [-0.05, 0) is 86.6 Å². The Kier molecular flexibility index (Phi) is 5.27. The van der Waals surface area contributed by atoms with E-state index in [1.807, 2.05) is 36.2 Å². The number of hydrogen-bond acceptors (Lipinski definition) is 4. The Morgan fingerprint density at radius 1 is 1.27 bits per heavy atom. The number of carbonyl (C=O) groups excluding carboxylic acids is 1. The smallest absolute Gasteiger partial charge is 0.246 e. The normalized spacial score (nSPS) is 35.2. The minimum absolute atomic E-state index is 0.0119. The van der Waals surface area contributed by atoms with E-state index in [0.717, 1.165) is 49.6 Å². The lowest BCUT2D eigenvalue weighted by atomic mass is 9.51. The Morgan fingerprint density at radius 2 is 2.11 bits per heavy atom. The standard InChI is InChI=1S/C32H38N2O3/c1-19-5-4-6-21(15-19)7-12-28(36)33(3)25-10-9-24-26-17-22-8-11-27(35)30-29(22)32(24,31(25)37-30)13-14-34(26)18-23-16-20(23)2/h4-8,11-12,15,20,23-26,31,35H,9-10,13-14,16-18H2,1-3H3/t20?,23?,24-,25-,26+,31-,32-/m0/s1. The van der Waals surface area contributed by atoms with Crippen molar-refractivity contribution < 1.29 is 14.6 Å². The predicted molar refractivity (Wildman–Crippen MR) is 145 cm³/mol. The van der Waals surface area contributed by atoms with Crippen molar-refractivity contribution in [1.29, 1.82) is 0 Å². The number of likely N-dealkylation sites (tertiary alicyclic amines) is 1. The molecule has 5 nitrogen and oxygen atoms in total. The maximum atomic E-state index is 13.4. The molecule has 1 saturated heterocycles. The topological polar surface area (TPSA) is 53.0 Å². The Balaban J connectivity index is 1.21. The molecule has 5 aliphatic rings. The molecule has 2 aromatic carbocycles. The molecule has 7 atom stereocenters. The summed E-state index contributed by atoms with van der Waals surface area (Å²) in [6.07, 6.45) is 8.99. The van der Waals surface area contributed by atoms with E-state index in [9.17, 15) is 9.90 Å². The third-order valence-electron chi connectivity index (χ3n) is 10.5. The number of aromatic hydroxyl groups is 1. The number of piperidine rings is 1. The predicted octanol–water partition coefficient (Wildman–Crippen LogP) is 4.94. The molecule has 7 rings (SSSR count). The molecule has 3 aliphatic carbocycles. The molecule has 2 heterocycles. The van der Waals surface area contributed by atoms with Gasteiger partial charge in [-0.1, -0.05) is 42.8 Å². The molecule has 2 aliphatic heterocycles. The third-order valence-corrected chi connectivity index (χ3v) is 10.5. The molecule has 1 N–H and O–H groups in total. The van der Waals surface area contributed by atoms with E-state index in [-0.39, 0.29) is 29.2 Å². The molecular formula is C32H38N2O3. The van der Waals surface area contributed by atoms with Crippen LogP contribution in [0.4, 0.5) is 0 Å². The fourth-order valence-electron chi connectivity index (χ4n) is 8.40. The number of aryl methyl sites for hydroxylation is 1. The van der Waals surface area contributed by atoms with Crippen molar-refractivity contribution in [2.24, 2.45) is 17.8 Å². The lowest BCUT2D eigenvalue weighted by Gasteiger charge is -2.60. The quantitative estimate of drug-likeness (QED) is 0.594. The lowest BCUT2D eigenvalue weighted by Crippen LogP contribution is -2.69. The molecule has 0 aromatic heterocycles. The number of benzene rings is 2. The fraction of sp³-hybridized carbons (Fsp3) is 0.531. The number of nitrogens with zero attached hydrogens (tertiary/aromatic N) is 2. The second-order valence-corrected chi connectivity index (χ2v) is 12.5. The summed E-state index contributed by atoms with van der Waals surface area (Å²) < 4.78 is 6.73. The molecule has 1 amide bonds. The number of hydrogen-bond donors (Lipinski definition) is 1. The molecular weight excluding hydrogens is 460 g/mol. The van der Waals surface area contributed by atoms with Crippen molar-refractivity contribution in [2.45, 2.75) is 69.6 Å². The van der Waals surface area contributed by atoms with Gasteiger partial charge in [0, 0.05) is 36.7 Å². The minimum atomic E-state index is -0.115. The zero-order chi connectivity index (χ0) is 25.5. The van der Waals surface area contributed by atoms with E-state index < -0.39 is 0 Å². The van der Waals surface area contributed by atoms with Gasteiger partial charge in [-0.15, -0.1) is 0 Å². The van der Waals surface area contributed by atoms with E-state index in [1.165, 1.54) is 29.7 Å². The van der Waals surface area contributed by atoms with Gasteiger partial charge < -0.3 is 14.7 Å². The average Bonchev–Trinajstić information content (AvgIpc) is 3.46. The first kappa shape index (κ1) is 23.3. The van der Waals surface area contributed by atoms with Gasteiger partial charge in [0.1, 0.15) is 6.10 Å². The van der Waals surface area contributed by atoms with E-state index in [4.69, 9.17) is 4.74 Å². The zero-order valence-corrected chi connectivity index (χ0v) is 22.2. The van der Waals surface area contributed by atoms with Crippen LogP contribution in [0.1, 0.15) is 54.9 Å². The Morgan fingerprint density at radius 3 is 2.89 bits per heavy atom. The average molecular weight is 499 g/mol. The SMILES string of the molecule is Cc1cccc(C=CC(=O)N(C)[C@H]2CC[C@H]3[C@H]4Cc5ccc(O)c6c5[C@@]3(CCN4CC3CC3C)[C@H]2O6)c1. The van der Waals surface area contributed by atoms with Gasteiger partial charge in [0.2, 0.25) is 5.91 Å². The molecule has 2 bridgehead atoms. The van der Waals surface area contributed by atoms with Crippen LogP contribution in [-0.2, 0) is 16.6 Å². The number of rotatable bonds is 5. The van der Waals surface area contributed by atoms with Crippen molar-refractivity contribution in [3.05, 3.63) is 64.7 Å². The largest absolute Gasteiger partial charge is 0.504 e. The molecule has 3 fully saturated rings. The van der Waals surface area contributed by atoms with Crippen molar-refractivity contribution in [3.63, 3.8) is 0 Å². The summed E-state index contributed by atoms with van der Waals surface area (Å²) in [6.45, 7) is 6.75. The van der Waals surface area contributed by atoms with Gasteiger partial charge in [-0.25, -0.2) is 0 Å². The Labute approximate surface area is 220 Å². The highest BCUT2D eigenvalue weighted by Crippen LogP contribution is 2.64. The van der Waals surface area contributed by atoms with Crippen LogP contribution >= 0.6 is 0 Å². The van der Waals surface area contributed by atoms with E-state index in [2.05, 4.69) is 36.9 Å². The van der Waals surface area contributed by atoms with Crippen molar-refractivity contribution in [1.82, 2.24) is 9.80 Å². The highest BCUT2D eigenvalue weighted by Gasteiger charge is 2.66. The monoisotopic (exact) mass is 498 g/mol. The number of phenols is 1. The fourth-order valence-corrected chi connectivity index (χ4v) is 8.40. The number of carbonyl (C=O) groups is 1. The van der Waals surface area contributed by atoms with E-state index >= 15 is 0 Å². The summed E-state index contributed by atoms with van der Waals surface area (Å²) in [5.74, 6) is 3.18. The van der Waals surface area contributed by atoms with Crippen LogP contribution in [0, 0.1) is 24.7 Å². The summed E-state index contributed by atoms with van der Waals surface area (Å²) in [4.78, 5) is 18.1. The molecule has 194 valence electrons.